The van der Waals surface area contributed by atoms with Crippen molar-refractivity contribution in [2.75, 3.05) is 20.4 Å². The van der Waals surface area contributed by atoms with E-state index in [1.54, 1.807) is 18.2 Å². The molecule has 1 atom stereocenters. The molecule has 2 amide bonds. The van der Waals surface area contributed by atoms with Crippen molar-refractivity contribution < 1.29 is 28.2 Å². The number of halogens is 1. The van der Waals surface area contributed by atoms with E-state index in [1.165, 1.54) is 24.1 Å². The number of methoxy groups -OCH3 is 1. The zero-order valence-corrected chi connectivity index (χ0v) is 15.2. The first-order chi connectivity index (χ1) is 13.6. The van der Waals surface area contributed by atoms with Crippen molar-refractivity contribution in [3.8, 4) is 11.5 Å². The van der Waals surface area contributed by atoms with Gasteiger partial charge in [-0.05, 0) is 47.4 Å². The highest BCUT2D eigenvalue weighted by Gasteiger charge is 2.36. The van der Waals surface area contributed by atoms with Gasteiger partial charge in [-0.3, -0.25) is 9.69 Å². The fourth-order valence-corrected chi connectivity index (χ4v) is 3.52. The highest BCUT2D eigenvalue weighted by atomic mass is 19.1. The van der Waals surface area contributed by atoms with Crippen LogP contribution in [-0.2, 0) is 22.5 Å². The molecule has 7 nitrogen and oxygen atoms in total. The second kappa shape index (κ2) is 7.38. The van der Waals surface area contributed by atoms with Crippen molar-refractivity contribution in [3.05, 3.63) is 58.9 Å². The Bertz CT molecular complexity index is 933. The molecule has 0 saturated heterocycles. The highest BCUT2D eigenvalue weighted by Crippen LogP contribution is 2.33. The number of carbonyl (C=O) groups excluding carboxylic acids is 2. The lowest BCUT2D eigenvalue weighted by atomic mass is 9.92. The average Bonchev–Trinajstić information content (AvgIpc) is 3.18. The maximum atomic E-state index is 13.8. The van der Waals surface area contributed by atoms with E-state index in [9.17, 15) is 14.0 Å². The zero-order valence-electron chi connectivity index (χ0n) is 15.2. The minimum Gasteiger partial charge on any atom is -0.454 e. The second-order valence-corrected chi connectivity index (χ2v) is 6.56. The second-order valence-electron chi connectivity index (χ2n) is 6.56. The minimum absolute atomic E-state index is 0.170. The van der Waals surface area contributed by atoms with Crippen LogP contribution in [0.4, 0.5) is 9.18 Å². The summed E-state index contributed by atoms with van der Waals surface area (Å²) in [6.07, 6.45) is -0.102. The number of fused-ring (bicyclic) bond motifs is 2. The third-order valence-corrected chi connectivity index (χ3v) is 4.90. The molecule has 2 aromatic carbocycles. The maximum Gasteiger partial charge on any atom is 0.410 e. The maximum absolute atomic E-state index is 13.8. The Balaban J connectivity index is 1.56. The number of nitrogens with zero attached hydrogens (tertiary/aromatic N) is 1. The van der Waals surface area contributed by atoms with E-state index < -0.39 is 23.9 Å². The largest absolute Gasteiger partial charge is 0.454 e. The van der Waals surface area contributed by atoms with Crippen LogP contribution in [0, 0.1) is 5.82 Å². The summed E-state index contributed by atoms with van der Waals surface area (Å²) in [5.41, 5.74) is 2.13. The molecule has 1 N–H and O–H groups in total. The van der Waals surface area contributed by atoms with Gasteiger partial charge in [-0.15, -0.1) is 0 Å². The van der Waals surface area contributed by atoms with Crippen LogP contribution in [0.1, 0.15) is 22.7 Å². The van der Waals surface area contributed by atoms with Crippen LogP contribution in [0.2, 0.25) is 0 Å². The first-order valence-electron chi connectivity index (χ1n) is 8.86. The summed E-state index contributed by atoms with van der Waals surface area (Å²) in [6.45, 7) is 0.711. The first-order valence-corrected chi connectivity index (χ1v) is 8.86. The number of benzene rings is 2. The molecule has 0 aromatic heterocycles. The Hall–Kier alpha value is -3.29. The van der Waals surface area contributed by atoms with Crippen molar-refractivity contribution >= 4 is 12.0 Å². The quantitative estimate of drug-likeness (QED) is 0.877. The molecule has 28 heavy (non-hydrogen) atoms. The van der Waals surface area contributed by atoms with Crippen molar-refractivity contribution in [1.82, 2.24) is 10.2 Å². The molecule has 0 aliphatic carbocycles. The summed E-state index contributed by atoms with van der Waals surface area (Å²) >= 11 is 0. The molecule has 4 rings (SSSR count). The molecule has 0 unspecified atom stereocenters. The molecule has 8 heteroatoms. The van der Waals surface area contributed by atoms with Crippen molar-refractivity contribution in [2.45, 2.75) is 19.0 Å². The first kappa shape index (κ1) is 18.1. The van der Waals surface area contributed by atoms with E-state index >= 15 is 0 Å². The number of nitrogens with one attached hydrogen (secondary N) is 1. The monoisotopic (exact) mass is 386 g/mol. The van der Waals surface area contributed by atoms with Gasteiger partial charge in [-0.25, -0.2) is 9.18 Å². The van der Waals surface area contributed by atoms with Gasteiger partial charge >= 0.3 is 6.09 Å². The van der Waals surface area contributed by atoms with Crippen LogP contribution in [0.15, 0.2) is 36.4 Å². The standard InChI is InChI=1S/C20H19FN2O5/c1-26-20(25)23-7-6-13-3-4-14(21)9-15(13)18(23)19(24)22-10-12-2-5-16-17(8-12)28-11-27-16/h2-5,8-9,18H,6-7,10-11H2,1H3,(H,22,24)/t18-/m0/s1. The lowest BCUT2D eigenvalue weighted by Gasteiger charge is -2.35. The lowest BCUT2D eigenvalue weighted by Crippen LogP contribution is -2.47. The SMILES string of the molecule is COC(=O)N1CCc2ccc(F)cc2[C@H]1C(=O)NCc1ccc2c(c1)OCO2. The number of amides is 2. The van der Waals surface area contributed by atoms with Crippen LogP contribution in [0.25, 0.3) is 0 Å². The van der Waals surface area contributed by atoms with Gasteiger partial charge in [0.2, 0.25) is 12.7 Å². The number of ether oxygens (including phenoxy) is 3. The fourth-order valence-electron chi connectivity index (χ4n) is 3.52. The summed E-state index contributed by atoms with van der Waals surface area (Å²) in [4.78, 5) is 26.5. The molecular formula is C20H19FN2O5. The van der Waals surface area contributed by atoms with Crippen molar-refractivity contribution in [2.24, 2.45) is 0 Å². The van der Waals surface area contributed by atoms with E-state index in [2.05, 4.69) is 5.32 Å². The fraction of sp³-hybridized carbons (Fsp3) is 0.300. The molecule has 2 heterocycles. The molecule has 2 aromatic rings. The van der Waals surface area contributed by atoms with E-state index in [0.717, 1.165) is 11.1 Å². The molecule has 0 radical (unpaired) electrons. The average molecular weight is 386 g/mol. The van der Waals surface area contributed by atoms with Gasteiger partial charge in [0, 0.05) is 13.1 Å². The zero-order chi connectivity index (χ0) is 19.7. The topological polar surface area (TPSA) is 77.1 Å². The van der Waals surface area contributed by atoms with Crippen LogP contribution in [0.3, 0.4) is 0 Å². The van der Waals surface area contributed by atoms with Gasteiger partial charge in [0.25, 0.3) is 0 Å². The van der Waals surface area contributed by atoms with Gasteiger partial charge in [0.15, 0.2) is 11.5 Å². The summed E-state index contributed by atoms with van der Waals surface area (Å²) in [6, 6.07) is 8.73. The van der Waals surface area contributed by atoms with Gasteiger partial charge < -0.3 is 19.5 Å². The van der Waals surface area contributed by atoms with Crippen LogP contribution in [0.5, 0.6) is 11.5 Å². The predicted molar refractivity (Wildman–Crippen MR) is 96.4 cm³/mol. The summed E-state index contributed by atoms with van der Waals surface area (Å²) in [5, 5.41) is 2.82. The van der Waals surface area contributed by atoms with Crippen LogP contribution >= 0.6 is 0 Å². The summed E-state index contributed by atoms with van der Waals surface area (Å²) in [5.74, 6) is 0.408. The number of hydrogen-bond donors (Lipinski definition) is 1. The molecule has 0 spiro atoms. The molecule has 146 valence electrons. The van der Waals surface area contributed by atoms with E-state index in [1.807, 2.05) is 6.07 Å². The Morgan fingerprint density at radius 2 is 2.04 bits per heavy atom. The lowest BCUT2D eigenvalue weighted by molar-refractivity contribution is -0.126. The van der Waals surface area contributed by atoms with Gasteiger partial charge in [-0.2, -0.15) is 0 Å². The predicted octanol–water partition coefficient (Wildman–Crippen LogP) is 2.54. The molecule has 0 saturated carbocycles. The van der Waals surface area contributed by atoms with Crippen molar-refractivity contribution in [1.29, 1.82) is 0 Å². The normalized spacial score (nSPS) is 17.1. The van der Waals surface area contributed by atoms with Gasteiger partial charge in [0.1, 0.15) is 11.9 Å². The number of hydrogen-bond acceptors (Lipinski definition) is 5. The van der Waals surface area contributed by atoms with Gasteiger partial charge in [0.05, 0.1) is 7.11 Å². The molecule has 2 aliphatic rings. The summed E-state index contributed by atoms with van der Waals surface area (Å²) in [7, 11) is 1.25. The number of carbonyl (C=O) groups is 2. The molecule has 2 aliphatic heterocycles. The molecular weight excluding hydrogens is 367 g/mol. The third kappa shape index (κ3) is 3.33. The molecule has 0 bridgehead atoms. The molecule has 0 fully saturated rings. The Kier molecular flexibility index (Phi) is 4.77. The Labute approximate surface area is 161 Å². The smallest absolute Gasteiger partial charge is 0.410 e. The van der Waals surface area contributed by atoms with E-state index in [4.69, 9.17) is 14.2 Å². The van der Waals surface area contributed by atoms with E-state index in [0.29, 0.717) is 30.0 Å². The van der Waals surface area contributed by atoms with Crippen LogP contribution in [-0.4, -0.2) is 37.3 Å². The Morgan fingerprint density at radius 1 is 1.21 bits per heavy atom. The number of rotatable bonds is 3. The summed E-state index contributed by atoms with van der Waals surface area (Å²) < 4.78 is 29.3. The third-order valence-electron chi connectivity index (χ3n) is 4.90. The van der Waals surface area contributed by atoms with Gasteiger partial charge in [-0.1, -0.05) is 12.1 Å². The van der Waals surface area contributed by atoms with Crippen LogP contribution < -0.4 is 14.8 Å². The van der Waals surface area contributed by atoms with Crippen molar-refractivity contribution in [3.63, 3.8) is 0 Å². The highest BCUT2D eigenvalue weighted by molar-refractivity contribution is 5.87. The minimum atomic E-state index is -0.957. The van der Waals surface area contributed by atoms with E-state index in [-0.39, 0.29) is 13.3 Å². The Morgan fingerprint density at radius 3 is 2.86 bits per heavy atom.